The number of nitrogens with zero attached hydrogens (tertiary/aromatic N) is 1. The molecule has 1 N–H and O–H groups in total. The summed E-state index contributed by atoms with van der Waals surface area (Å²) in [7, 11) is 1.61. The molecule has 3 rings (SSSR count). The zero-order chi connectivity index (χ0) is 19.4. The molecule has 0 bridgehead atoms. The molecule has 1 aliphatic rings. The molecule has 1 aromatic heterocycles. The number of hydrogen-bond donors (Lipinski definition) is 1. The van der Waals surface area contributed by atoms with Crippen molar-refractivity contribution in [3.63, 3.8) is 0 Å². The van der Waals surface area contributed by atoms with Gasteiger partial charge in [-0.15, -0.1) is 0 Å². The number of methoxy groups -OCH3 is 1. The largest absolute Gasteiger partial charge is 0.497 e. The second-order valence-electron chi connectivity index (χ2n) is 7.03. The first kappa shape index (κ1) is 19.5. The van der Waals surface area contributed by atoms with Crippen LogP contribution < -0.4 is 10.1 Å². The maximum absolute atomic E-state index is 12.8. The highest BCUT2D eigenvalue weighted by molar-refractivity contribution is 9.10. The summed E-state index contributed by atoms with van der Waals surface area (Å²) in [6.45, 7) is 3.32. The zero-order valence-electron chi connectivity index (χ0n) is 15.5. The maximum Gasteiger partial charge on any atom is 0.289 e. The Bertz CT molecular complexity index is 835. The lowest BCUT2D eigenvalue weighted by Crippen LogP contribution is -2.51. The van der Waals surface area contributed by atoms with E-state index in [0.29, 0.717) is 24.3 Å². The number of hydrogen-bond acceptors (Lipinski definition) is 4. The van der Waals surface area contributed by atoms with Crippen LogP contribution in [0.3, 0.4) is 0 Å². The Kier molecular flexibility index (Phi) is 5.89. The van der Waals surface area contributed by atoms with Crippen molar-refractivity contribution in [2.75, 3.05) is 20.2 Å². The number of benzene rings is 1. The molecule has 27 heavy (non-hydrogen) atoms. The van der Waals surface area contributed by atoms with Crippen LogP contribution in [0.15, 0.2) is 45.5 Å². The molecule has 1 atom stereocenters. The van der Waals surface area contributed by atoms with Crippen LogP contribution in [0, 0.1) is 5.41 Å². The quantitative estimate of drug-likeness (QED) is 0.779. The van der Waals surface area contributed by atoms with Gasteiger partial charge < -0.3 is 19.4 Å². The fourth-order valence-electron chi connectivity index (χ4n) is 3.36. The van der Waals surface area contributed by atoms with Crippen LogP contribution in [0.1, 0.15) is 35.9 Å². The van der Waals surface area contributed by atoms with Crippen molar-refractivity contribution in [1.29, 1.82) is 0 Å². The number of piperidine rings is 1. The molecule has 0 spiro atoms. The van der Waals surface area contributed by atoms with Crippen LogP contribution in [-0.2, 0) is 11.3 Å². The van der Waals surface area contributed by atoms with E-state index in [4.69, 9.17) is 9.15 Å². The molecule has 1 aromatic carbocycles. The van der Waals surface area contributed by atoms with Crippen molar-refractivity contribution < 1.29 is 18.7 Å². The molecule has 0 saturated carbocycles. The van der Waals surface area contributed by atoms with Crippen LogP contribution in [0.4, 0.5) is 0 Å². The predicted octanol–water partition coefficient (Wildman–Crippen LogP) is 3.61. The van der Waals surface area contributed by atoms with E-state index >= 15 is 0 Å². The molecule has 1 unspecified atom stereocenters. The number of carbonyl (C=O) groups excluding carboxylic acids is 2. The highest BCUT2D eigenvalue weighted by Gasteiger charge is 2.39. The summed E-state index contributed by atoms with van der Waals surface area (Å²) in [5, 5.41) is 3.00. The summed E-state index contributed by atoms with van der Waals surface area (Å²) in [6.07, 6.45) is 1.51. The third-order valence-electron chi connectivity index (χ3n) is 4.90. The van der Waals surface area contributed by atoms with Gasteiger partial charge >= 0.3 is 0 Å². The number of furan rings is 1. The van der Waals surface area contributed by atoms with Gasteiger partial charge in [0.05, 0.1) is 12.5 Å². The molecular weight excluding hydrogens is 412 g/mol. The van der Waals surface area contributed by atoms with Crippen molar-refractivity contribution >= 4 is 27.7 Å². The van der Waals surface area contributed by atoms with Crippen LogP contribution >= 0.6 is 15.9 Å². The van der Waals surface area contributed by atoms with E-state index in [2.05, 4.69) is 21.2 Å². The highest BCUT2D eigenvalue weighted by atomic mass is 79.9. The third kappa shape index (κ3) is 4.53. The average Bonchev–Trinajstić information content (AvgIpc) is 3.12. The molecule has 6 nitrogen and oxygen atoms in total. The summed E-state index contributed by atoms with van der Waals surface area (Å²) < 4.78 is 11.1. The molecule has 2 heterocycles. The normalized spacial score (nSPS) is 19.6. The maximum atomic E-state index is 12.8. The van der Waals surface area contributed by atoms with E-state index in [1.54, 1.807) is 24.1 Å². The van der Waals surface area contributed by atoms with Gasteiger partial charge in [0, 0.05) is 19.6 Å². The van der Waals surface area contributed by atoms with E-state index in [1.807, 2.05) is 31.2 Å². The number of amides is 2. The molecular formula is C20H23BrN2O4. The van der Waals surface area contributed by atoms with Crippen molar-refractivity contribution in [3.05, 3.63) is 52.4 Å². The number of likely N-dealkylation sites (tertiary alicyclic amines) is 1. The number of nitrogens with one attached hydrogen (secondary N) is 1. The van der Waals surface area contributed by atoms with Gasteiger partial charge in [0.1, 0.15) is 5.75 Å². The number of ether oxygens (including phenoxy) is 1. The Morgan fingerprint density at radius 2 is 2.15 bits per heavy atom. The minimum Gasteiger partial charge on any atom is -0.497 e. The second kappa shape index (κ2) is 8.17. The lowest BCUT2D eigenvalue weighted by atomic mass is 9.80. The first-order valence-corrected chi connectivity index (χ1v) is 9.66. The van der Waals surface area contributed by atoms with Crippen molar-refractivity contribution in [3.8, 4) is 5.75 Å². The molecule has 1 aliphatic heterocycles. The van der Waals surface area contributed by atoms with Crippen molar-refractivity contribution in [1.82, 2.24) is 10.2 Å². The van der Waals surface area contributed by atoms with Gasteiger partial charge in [-0.1, -0.05) is 12.1 Å². The lowest BCUT2D eigenvalue weighted by Gasteiger charge is -2.39. The van der Waals surface area contributed by atoms with E-state index in [0.717, 1.165) is 24.2 Å². The fraction of sp³-hybridized carbons (Fsp3) is 0.400. The van der Waals surface area contributed by atoms with Crippen molar-refractivity contribution in [2.24, 2.45) is 5.41 Å². The third-order valence-corrected chi connectivity index (χ3v) is 5.33. The molecule has 7 heteroatoms. The van der Waals surface area contributed by atoms with Crippen molar-refractivity contribution in [2.45, 2.75) is 26.3 Å². The Morgan fingerprint density at radius 3 is 2.85 bits per heavy atom. The lowest BCUT2D eigenvalue weighted by molar-refractivity contribution is -0.132. The van der Waals surface area contributed by atoms with E-state index < -0.39 is 5.41 Å². The monoisotopic (exact) mass is 434 g/mol. The molecule has 2 aromatic rings. The summed E-state index contributed by atoms with van der Waals surface area (Å²) in [4.78, 5) is 27.2. The van der Waals surface area contributed by atoms with Gasteiger partial charge in [0.25, 0.3) is 5.91 Å². The van der Waals surface area contributed by atoms with Gasteiger partial charge in [0.15, 0.2) is 10.4 Å². The Hall–Kier alpha value is -2.28. The Balaban J connectivity index is 1.63. The summed E-state index contributed by atoms with van der Waals surface area (Å²) in [6, 6.07) is 10.9. The smallest absolute Gasteiger partial charge is 0.289 e. The predicted molar refractivity (Wildman–Crippen MR) is 104 cm³/mol. The topological polar surface area (TPSA) is 71.8 Å². The second-order valence-corrected chi connectivity index (χ2v) is 7.81. The highest BCUT2D eigenvalue weighted by Crippen LogP contribution is 2.31. The van der Waals surface area contributed by atoms with Crippen LogP contribution in [0.2, 0.25) is 0 Å². The van der Waals surface area contributed by atoms with E-state index in [1.165, 1.54) is 0 Å². The number of carbonyl (C=O) groups is 2. The number of halogens is 1. The minimum absolute atomic E-state index is 0.0524. The molecule has 0 aliphatic carbocycles. The fourth-order valence-corrected chi connectivity index (χ4v) is 3.67. The van der Waals surface area contributed by atoms with Gasteiger partial charge in [-0.2, -0.15) is 0 Å². The molecule has 1 fully saturated rings. The molecule has 144 valence electrons. The van der Waals surface area contributed by atoms with Gasteiger partial charge in [-0.3, -0.25) is 9.59 Å². The first-order valence-electron chi connectivity index (χ1n) is 8.87. The van der Waals surface area contributed by atoms with E-state index in [9.17, 15) is 9.59 Å². The number of rotatable bonds is 5. The SMILES string of the molecule is COc1cccc(CNC(=O)C2(C)CCCN(C(=O)c3ccc(Br)o3)C2)c1. The van der Waals surface area contributed by atoms with Gasteiger partial charge in [-0.25, -0.2) is 0 Å². The van der Waals surface area contributed by atoms with Crippen LogP contribution in [0.5, 0.6) is 5.75 Å². The van der Waals surface area contributed by atoms with Crippen LogP contribution in [0.25, 0.3) is 0 Å². The van der Waals surface area contributed by atoms with Gasteiger partial charge in [0.2, 0.25) is 5.91 Å². The molecule has 0 radical (unpaired) electrons. The Morgan fingerprint density at radius 1 is 1.33 bits per heavy atom. The summed E-state index contributed by atoms with van der Waals surface area (Å²) >= 11 is 3.21. The van der Waals surface area contributed by atoms with Gasteiger partial charge in [-0.05, 0) is 65.5 Å². The molecule has 2 amide bonds. The first-order chi connectivity index (χ1) is 12.9. The molecule has 1 saturated heterocycles. The summed E-state index contributed by atoms with van der Waals surface area (Å²) in [5.74, 6) is 0.797. The zero-order valence-corrected chi connectivity index (χ0v) is 17.0. The van der Waals surface area contributed by atoms with E-state index in [-0.39, 0.29) is 17.6 Å². The average molecular weight is 435 g/mol. The summed E-state index contributed by atoms with van der Waals surface area (Å²) in [5.41, 5.74) is 0.340. The standard InChI is InChI=1S/C20H23BrN2O4/c1-20(19(25)22-12-14-5-3-6-15(11-14)26-2)9-4-10-23(13-20)18(24)16-7-8-17(21)27-16/h3,5-8,11H,4,9-10,12-13H2,1-2H3,(H,22,25). The Labute approximate surface area is 167 Å². The minimum atomic E-state index is -0.628. The van der Waals surface area contributed by atoms with Crippen LogP contribution in [-0.4, -0.2) is 36.9 Å².